The predicted octanol–water partition coefficient (Wildman–Crippen LogP) is -0.725. The zero-order chi connectivity index (χ0) is 12.7. The van der Waals surface area contributed by atoms with Crippen LogP contribution in [0.2, 0.25) is 0 Å². The van der Waals surface area contributed by atoms with E-state index in [2.05, 4.69) is 15.0 Å². The van der Waals surface area contributed by atoms with E-state index in [0.717, 1.165) is 5.56 Å². The quantitative estimate of drug-likeness (QED) is 0.275. The Morgan fingerprint density at radius 3 is 2.41 bits per heavy atom. The third kappa shape index (κ3) is 5.17. The summed E-state index contributed by atoms with van der Waals surface area (Å²) in [5.74, 6) is -1.12. The molecular formula is C10H13N5O2. The molecule has 0 saturated carbocycles. The van der Waals surface area contributed by atoms with Gasteiger partial charge in [0.25, 0.3) is 5.96 Å². The smallest absolute Gasteiger partial charge is 0.339 e. The van der Waals surface area contributed by atoms with Gasteiger partial charge in [-0.05, 0) is 10.7 Å². The highest BCUT2D eigenvalue weighted by Crippen LogP contribution is 2.00. The molecule has 0 fully saturated rings. The molecule has 7 nitrogen and oxygen atoms in total. The summed E-state index contributed by atoms with van der Waals surface area (Å²) in [6, 6.07) is 9.08. The number of benzene rings is 1. The first kappa shape index (κ1) is 12.5. The molecule has 0 bridgehead atoms. The highest BCUT2D eigenvalue weighted by Gasteiger charge is 2.04. The molecule has 17 heavy (non-hydrogen) atoms. The van der Waals surface area contributed by atoms with Gasteiger partial charge in [-0.1, -0.05) is 30.3 Å². The van der Waals surface area contributed by atoms with Crippen molar-refractivity contribution in [1.82, 2.24) is 0 Å². The van der Waals surface area contributed by atoms with E-state index in [1.165, 1.54) is 0 Å². The van der Waals surface area contributed by atoms with Gasteiger partial charge in [-0.15, -0.1) is 0 Å². The molecule has 0 spiro atoms. The van der Waals surface area contributed by atoms with Crippen molar-refractivity contribution < 1.29 is 9.63 Å². The summed E-state index contributed by atoms with van der Waals surface area (Å²) < 4.78 is 0. The largest absolute Gasteiger partial charge is 0.370 e. The van der Waals surface area contributed by atoms with Gasteiger partial charge < -0.3 is 22.0 Å². The standard InChI is InChI=1S/C10H13N5O2/c11-9(12)14-10(13)15-17-8(16)6-7-4-2-1-3-5-7/h1-5H,6H2,(H6,11,12,13,14,15). The second kappa shape index (κ2) is 6.11. The second-order valence-electron chi connectivity index (χ2n) is 3.11. The molecule has 0 aromatic heterocycles. The number of hydrogen-bond acceptors (Lipinski definition) is 3. The number of nitrogens with zero attached hydrogens (tertiary/aromatic N) is 2. The van der Waals surface area contributed by atoms with Gasteiger partial charge in [0.05, 0.1) is 6.42 Å². The number of hydrogen-bond donors (Lipinski definition) is 3. The maximum absolute atomic E-state index is 11.3. The van der Waals surface area contributed by atoms with E-state index in [1.807, 2.05) is 18.2 Å². The molecule has 0 aliphatic heterocycles. The molecule has 0 heterocycles. The zero-order valence-electron chi connectivity index (χ0n) is 9.04. The van der Waals surface area contributed by atoms with Gasteiger partial charge in [-0.2, -0.15) is 4.99 Å². The number of oxime groups is 1. The van der Waals surface area contributed by atoms with Crippen molar-refractivity contribution in [1.29, 1.82) is 0 Å². The molecule has 1 rings (SSSR count). The molecule has 0 atom stereocenters. The summed E-state index contributed by atoms with van der Waals surface area (Å²) >= 11 is 0. The van der Waals surface area contributed by atoms with Crippen LogP contribution in [0.5, 0.6) is 0 Å². The Labute approximate surface area is 97.9 Å². The summed E-state index contributed by atoms with van der Waals surface area (Å²) in [6.07, 6.45) is 0.0967. The normalized spacial score (nSPS) is 10.7. The van der Waals surface area contributed by atoms with Crippen LogP contribution in [0, 0.1) is 0 Å². The predicted molar refractivity (Wildman–Crippen MR) is 63.7 cm³/mol. The molecule has 1 aromatic rings. The lowest BCUT2D eigenvalue weighted by molar-refractivity contribution is -0.142. The lowest BCUT2D eigenvalue weighted by Crippen LogP contribution is -2.26. The molecule has 0 radical (unpaired) electrons. The number of carbonyl (C=O) groups is 1. The maximum atomic E-state index is 11.3. The van der Waals surface area contributed by atoms with Crippen LogP contribution in [-0.4, -0.2) is 17.9 Å². The Balaban J connectivity index is 2.49. The van der Waals surface area contributed by atoms with Crippen LogP contribution in [0.1, 0.15) is 5.56 Å². The van der Waals surface area contributed by atoms with Crippen LogP contribution >= 0.6 is 0 Å². The van der Waals surface area contributed by atoms with E-state index in [-0.39, 0.29) is 18.3 Å². The van der Waals surface area contributed by atoms with Gasteiger partial charge in [-0.3, -0.25) is 0 Å². The van der Waals surface area contributed by atoms with Gasteiger partial charge in [-0.25, -0.2) is 4.79 Å². The SMILES string of the molecule is NC(N)=NC(N)=NOC(=O)Cc1ccccc1. The van der Waals surface area contributed by atoms with Gasteiger partial charge in [0.15, 0.2) is 5.96 Å². The molecule has 7 heteroatoms. The summed E-state index contributed by atoms with van der Waals surface area (Å²) in [5.41, 5.74) is 16.2. The van der Waals surface area contributed by atoms with Crippen molar-refractivity contribution >= 4 is 17.9 Å². The van der Waals surface area contributed by atoms with Crippen molar-refractivity contribution in [2.24, 2.45) is 27.3 Å². The van der Waals surface area contributed by atoms with Crippen molar-refractivity contribution in [3.63, 3.8) is 0 Å². The van der Waals surface area contributed by atoms with Crippen LogP contribution in [0.15, 0.2) is 40.5 Å². The number of carbonyl (C=O) groups excluding carboxylic acids is 1. The average molecular weight is 235 g/mol. The van der Waals surface area contributed by atoms with Crippen molar-refractivity contribution in [3.8, 4) is 0 Å². The van der Waals surface area contributed by atoms with Gasteiger partial charge in [0, 0.05) is 0 Å². The Morgan fingerprint density at radius 2 is 1.82 bits per heavy atom. The third-order valence-electron chi connectivity index (χ3n) is 1.68. The molecule has 90 valence electrons. The van der Waals surface area contributed by atoms with Crippen molar-refractivity contribution in [2.45, 2.75) is 6.42 Å². The van der Waals surface area contributed by atoms with E-state index in [4.69, 9.17) is 17.2 Å². The van der Waals surface area contributed by atoms with Crippen LogP contribution in [0.25, 0.3) is 0 Å². The third-order valence-corrected chi connectivity index (χ3v) is 1.68. The Kier molecular flexibility index (Phi) is 4.49. The summed E-state index contributed by atoms with van der Waals surface area (Å²) in [7, 11) is 0. The van der Waals surface area contributed by atoms with E-state index in [0.29, 0.717) is 0 Å². The van der Waals surface area contributed by atoms with Crippen molar-refractivity contribution in [3.05, 3.63) is 35.9 Å². The van der Waals surface area contributed by atoms with E-state index in [1.54, 1.807) is 12.1 Å². The van der Waals surface area contributed by atoms with E-state index >= 15 is 0 Å². The maximum Gasteiger partial charge on any atom is 0.339 e. The lowest BCUT2D eigenvalue weighted by atomic mass is 10.2. The number of guanidine groups is 2. The minimum absolute atomic E-state index is 0.0967. The molecule has 0 aliphatic rings. The first-order valence-electron chi connectivity index (χ1n) is 4.75. The van der Waals surface area contributed by atoms with Gasteiger partial charge >= 0.3 is 5.97 Å². The summed E-state index contributed by atoms with van der Waals surface area (Å²) in [5, 5.41) is 3.26. The monoisotopic (exact) mass is 235 g/mol. The van der Waals surface area contributed by atoms with Crippen LogP contribution in [-0.2, 0) is 16.1 Å². The highest BCUT2D eigenvalue weighted by atomic mass is 16.7. The lowest BCUT2D eigenvalue weighted by Gasteiger charge is -1.98. The second-order valence-corrected chi connectivity index (χ2v) is 3.11. The zero-order valence-corrected chi connectivity index (χ0v) is 9.04. The topological polar surface area (TPSA) is 129 Å². The summed E-state index contributed by atoms with van der Waals surface area (Å²) in [6.45, 7) is 0. The fraction of sp³-hybridized carbons (Fsp3) is 0.100. The minimum atomic E-state index is -0.551. The number of rotatable bonds is 3. The van der Waals surface area contributed by atoms with Crippen molar-refractivity contribution in [2.75, 3.05) is 0 Å². The van der Waals surface area contributed by atoms with E-state index in [9.17, 15) is 4.79 Å². The van der Waals surface area contributed by atoms with Crippen LogP contribution in [0.4, 0.5) is 0 Å². The molecule has 6 N–H and O–H groups in total. The average Bonchev–Trinajstić information content (AvgIpc) is 2.27. The fourth-order valence-electron chi connectivity index (χ4n) is 1.05. The highest BCUT2D eigenvalue weighted by molar-refractivity contribution is 5.92. The van der Waals surface area contributed by atoms with E-state index < -0.39 is 5.97 Å². The Bertz CT molecular complexity index is 437. The first-order valence-corrected chi connectivity index (χ1v) is 4.75. The Hall–Kier alpha value is -2.57. The van der Waals surface area contributed by atoms with Gasteiger partial charge in [0.2, 0.25) is 0 Å². The molecule has 0 saturated heterocycles. The molecule has 0 aliphatic carbocycles. The van der Waals surface area contributed by atoms with Gasteiger partial charge in [0.1, 0.15) is 0 Å². The molecule has 1 aromatic carbocycles. The Morgan fingerprint density at radius 1 is 1.18 bits per heavy atom. The number of nitrogens with two attached hydrogens (primary N) is 3. The minimum Gasteiger partial charge on any atom is -0.370 e. The molecule has 0 unspecified atom stereocenters. The first-order chi connectivity index (χ1) is 8.08. The fourth-order valence-corrected chi connectivity index (χ4v) is 1.05. The number of aliphatic imine (C=N–C) groups is 1. The van der Waals surface area contributed by atoms with Crippen LogP contribution in [0.3, 0.4) is 0 Å². The summed E-state index contributed by atoms with van der Waals surface area (Å²) in [4.78, 5) is 19.2. The van der Waals surface area contributed by atoms with Crippen LogP contribution < -0.4 is 17.2 Å². The molecular weight excluding hydrogens is 222 g/mol. The molecule has 0 amide bonds.